The number of hydrogen-bond donors (Lipinski definition) is 2. The summed E-state index contributed by atoms with van der Waals surface area (Å²) in [6, 6.07) is 29.7. The first-order valence-corrected chi connectivity index (χ1v) is 19.1. The molecule has 2 aliphatic rings. The standard InChI is InChI=1S/C37H34Cl2N4O3S2/c38-29-16-17-33(34(39)20-29)35-22-42(30-9-5-10-31(21-30)43-23-37(44)41-48(43,45)46)36(40-35)18-25-12-14-27(15-13-25)28-8-4-11-32(19-28)47-24-26-6-2-1-3-7-26/h4-5,8-17,19-23,26,41,44H,1-3,6-7,18,24H2. The molecule has 48 heavy (non-hydrogen) atoms. The maximum Gasteiger partial charge on any atom is 0.330 e. The Morgan fingerprint density at radius 3 is 2.40 bits per heavy atom. The van der Waals surface area contributed by atoms with Gasteiger partial charge in [0.05, 0.1) is 22.6 Å². The van der Waals surface area contributed by atoms with E-state index in [4.69, 9.17) is 28.2 Å². The minimum absolute atomic E-state index is 0.360. The van der Waals surface area contributed by atoms with Crippen molar-refractivity contribution >= 4 is 50.9 Å². The van der Waals surface area contributed by atoms with Gasteiger partial charge in [0.15, 0.2) is 0 Å². The van der Waals surface area contributed by atoms with Gasteiger partial charge in [-0.05, 0) is 84.0 Å². The molecule has 11 heteroatoms. The molecule has 0 saturated heterocycles. The third kappa shape index (κ3) is 7.25. The number of imidazole rings is 1. The molecule has 1 aliphatic carbocycles. The lowest BCUT2D eigenvalue weighted by atomic mass is 9.91. The number of anilines is 1. The Morgan fingerprint density at radius 2 is 1.65 bits per heavy atom. The first-order chi connectivity index (χ1) is 23.2. The van der Waals surface area contributed by atoms with E-state index in [9.17, 15) is 13.5 Å². The molecule has 0 atom stereocenters. The lowest BCUT2D eigenvalue weighted by Gasteiger charge is -2.21. The van der Waals surface area contributed by atoms with Gasteiger partial charge in [0.25, 0.3) is 0 Å². The first-order valence-electron chi connectivity index (χ1n) is 15.9. The Kier molecular flexibility index (Phi) is 9.47. The number of aliphatic hydroxyl groups excluding tert-OH is 1. The van der Waals surface area contributed by atoms with Crippen LogP contribution < -0.4 is 9.03 Å². The normalized spacial score (nSPS) is 16.1. The SMILES string of the molecule is O=S1(=O)NC(O)=CN1c1cccc(-n2cc(-c3ccc(Cl)cc3Cl)nc2Cc2ccc(-c3cccc(SCC4CCCCC4)c3)cc2)c1. The van der Waals surface area contributed by atoms with Gasteiger partial charge in [-0.3, -0.25) is 0 Å². The van der Waals surface area contributed by atoms with Crippen LogP contribution in [0.5, 0.6) is 0 Å². The summed E-state index contributed by atoms with van der Waals surface area (Å²) >= 11 is 14.7. The van der Waals surface area contributed by atoms with Gasteiger partial charge >= 0.3 is 10.2 Å². The molecule has 0 bridgehead atoms. The Labute approximate surface area is 295 Å². The highest BCUT2D eigenvalue weighted by atomic mass is 35.5. The number of thioether (sulfide) groups is 1. The van der Waals surface area contributed by atoms with Gasteiger partial charge < -0.3 is 9.67 Å². The van der Waals surface area contributed by atoms with Crippen LogP contribution in [-0.2, 0) is 16.6 Å². The molecule has 5 aromatic rings. The number of aliphatic hydroxyl groups is 1. The average Bonchev–Trinajstić information content (AvgIpc) is 3.63. The molecule has 0 unspecified atom stereocenters. The first kappa shape index (κ1) is 32.6. The Balaban J connectivity index is 1.17. The van der Waals surface area contributed by atoms with Crippen LogP contribution in [0.3, 0.4) is 0 Å². The average molecular weight is 718 g/mol. The second-order valence-corrected chi connectivity index (χ2v) is 15.7. The van der Waals surface area contributed by atoms with Crippen molar-refractivity contribution in [1.82, 2.24) is 14.3 Å². The van der Waals surface area contributed by atoms with Gasteiger partial charge in [0.2, 0.25) is 5.88 Å². The van der Waals surface area contributed by atoms with E-state index in [-0.39, 0.29) is 0 Å². The van der Waals surface area contributed by atoms with Crippen molar-refractivity contribution in [3.05, 3.63) is 131 Å². The third-order valence-corrected chi connectivity index (χ3v) is 11.8. The second-order valence-electron chi connectivity index (χ2n) is 12.2. The second kappa shape index (κ2) is 13.9. The fourth-order valence-electron chi connectivity index (χ4n) is 6.31. The summed E-state index contributed by atoms with van der Waals surface area (Å²) in [5, 5.41) is 10.8. The predicted molar refractivity (Wildman–Crippen MR) is 196 cm³/mol. The monoisotopic (exact) mass is 716 g/mol. The number of aromatic nitrogens is 2. The quantitative estimate of drug-likeness (QED) is 0.148. The highest BCUT2D eigenvalue weighted by Crippen LogP contribution is 2.34. The third-order valence-electron chi connectivity index (χ3n) is 8.77. The molecular formula is C37H34Cl2N4O3S2. The van der Waals surface area contributed by atoms with Crippen LogP contribution in [0.2, 0.25) is 10.0 Å². The summed E-state index contributed by atoms with van der Waals surface area (Å²) < 4.78 is 30.2. The zero-order chi connectivity index (χ0) is 33.3. The van der Waals surface area contributed by atoms with Crippen LogP contribution in [-0.4, -0.2) is 28.8 Å². The fraction of sp³-hybridized carbons (Fsp3) is 0.216. The lowest BCUT2D eigenvalue weighted by molar-refractivity contribution is 0.391. The lowest BCUT2D eigenvalue weighted by Crippen LogP contribution is -2.29. The summed E-state index contributed by atoms with van der Waals surface area (Å²) in [5.74, 6) is 2.30. The van der Waals surface area contributed by atoms with Crippen molar-refractivity contribution in [3.63, 3.8) is 0 Å². The van der Waals surface area contributed by atoms with Gasteiger partial charge in [-0.15, -0.1) is 11.8 Å². The van der Waals surface area contributed by atoms with E-state index < -0.39 is 16.1 Å². The van der Waals surface area contributed by atoms with Crippen LogP contribution in [0.15, 0.2) is 114 Å². The van der Waals surface area contributed by atoms with Gasteiger partial charge in [0.1, 0.15) is 5.82 Å². The minimum atomic E-state index is -3.95. The number of hydrogen-bond acceptors (Lipinski definition) is 5. The minimum Gasteiger partial charge on any atom is -0.493 e. The summed E-state index contributed by atoms with van der Waals surface area (Å²) in [7, 11) is -3.95. The molecule has 0 radical (unpaired) electrons. The van der Waals surface area contributed by atoms with Crippen LogP contribution in [0, 0.1) is 5.92 Å². The molecule has 4 aromatic carbocycles. The van der Waals surface area contributed by atoms with Gasteiger partial charge in [-0.25, -0.2) is 14.0 Å². The molecular weight excluding hydrogens is 683 g/mol. The van der Waals surface area contributed by atoms with Crippen molar-refractivity contribution in [3.8, 4) is 28.1 Å². The maximum atomic E-state index is 12.6. The van der Waals surface area contributed by atoms with E-state index in [0.717, 1.165) is 38.9 Å². The highest BCUT2D eigenvalue weighted by molar-refractivity contribution is 7.99. The topological polar surface area (TPSA) is 87.5 Å². The number of nitrogens with one attached hydrogen (secondary N) is 1. The molecule has 0 amide bonds. The molecule has 7 rings (SSSR count). The van der Waals surface area contributed by atoms with E-state index in [1.807, 2.05) is 34.7 Å². The molecule has 2 N–H and O–H groups in total. The van der Waals surface area contributed by atoms with Gasteiger partial charge in [-0.1, -0.05) is 84.9 Å². The van der Waals surface area contributed by atoms with E-state index in [1.54, 1.807) is 30.3 Å². The van der Waals surface area contributed by atoms with Crippen molar-refractivity contribution in [2.24, 2.45) is 5.92 Å². The van der Waals surface area contributed by atoms with Crippen LogP contribution in [0.1, 0.15) is 43.5 Å². The largest absolute Gasteiger partial charge is 0.493 e. The van der Waals surface area contributed by atoms with E-state index >= 15 is 0 Å². The summed E-state index contributed by atoms with van der Waals surface area (Å²) in [6.45, 7) is 0. The van der Waals surface area contributed by atoms with E-state index in [0.29, 0.717) is 33.5 Å². The van der Waals surface area contributed by atoms with Crippen molar-refractivity contribution in [2.45, 2.75) is 43.4 Å². The molecule has 246 valence electrons. The molecule has 1 saturated carbocycles. The van der Waals surface area contributed by atoms with E-state index in [1.165, 1.54) is 48.3 Å². The van der Waals surface area contributed by atoms with Gasteiger partial charge in [-0.2, -0.15) is 8.42 Å². The summed E-state index contributed by atoms with van der Waals surface area (Å²) in [5.41, 5.74) is 5.85. The Bertz CT molecular complexity index is 2090. The van der Waals surface area contributed by atoms with Crippen molar-refractivity contribution in [1.29, 1.82) is 0 Å². The molecule has 2 heterocycles. The number of halogens is 2. The zero-order valence-corrected chi connectivity index (χ0v) is 29.2. The van der Waals surface area contributed by atoms with Crippen LogP contribution in [0.4, 0.5) is 5.69 Å². The number of benzene rings is 4. The Hall–Kier alpha value is -3.89. The summed E-state index contributed by atoms with van der Waals surface area (Å²) in [6.07, 6.45) is 10.4. The molecule has 1 aromatic heterocycles. The summed E-state index contributed by atoms with van der Waals surface area (Å²) in [4.78, 5) is 6.31. The van der Waals surface area contributed by atoms with Crippen molar-refractivity contribution < 1.29 is 13.5 Å². The maximum absolute atomic E-state index is 12.6. The zero-order valence-electron chi connectivity index (χ0n) is 26.0. The van der Waals surface area contributed by atoms with E-state index in [2.05, 4.69) is 53.3 Å². The molecule has 0 spiro atoms. The van der Waals surface area contributed by atoms with Crippen LogP contribution in [0.25, 0.3) is 28.1 Å². The predicted octanol–water partition coefficient (Wildman–Crippen LogP) is 9.79. The molecule has 7 nitrogen and oxygen atoms in total. The number of rotatable bonds is 9. The highest BCUT2D eigenvalue weighted by Gasteiger charge is 2.29. The number of nitrogens with zero attached hydrogens (tertiary/aromatic N) is 3. The van der Waals surface area contributed by atoms with Gasteiger partial charge in [0, 0.05) is 39.5 Å². The fourth-order valence-corrected chi connectivity index (χ4v) is 9.00. The van der Waals surface area contributed by atoms with Crippen molar-refractivity contribution in [2.75, 3.05) is 10.1 Å². The molecule has 1 fully saturated rings. The van der Waals surface area contributed by atoms with Crippen LogP contribution >= 0.6 is 35.0 Å². The molecule has 1 aliphatic heterocycles. The smallest absolute Gasteiger partial charge is 0.330 e. The Morgan fingerprint density at radius 1 is 0.875 bits per heavy atom.